The molecule has 2 atom stereocenters. The second kappa shape index (κ2) is 8.22. The molecule has 2 unspecified atom stereocenters. The largest absolute Gasteiger partial charge is 0.497 e. The lowest BCUT2D eigenvalue weighted by atomic mass is 9.73. The van der Waals surface area contributed by atoms with Crippen LogP contribution in [0.3, 0.4) is 0 Å². The average molecular weight is 407 g/mol. The van der Waals surface area contributed by atoms with Crippen LogP contribution in [0.25, 0.3) is 0 Å². The number of nitrogens with one attached hydrogen (secondary N) is 1. The van der Waals surface area contributed by atoms with Crippen LogP contribution >= 0.6 is 0 Å². The van der Waals surface area contributed by atoms with Gasteiger partial charge in [-0.3, -0.25) is 9.59 Å². The maximum Gasteiger partial charge on any atom is 0.225 e. The number of methoxy groups -OCH3 is 3. The highest BCUT2D eigenvalue weighted by atomic mass is 16.5. The Labute approximate surface area is 175 Å². The molecule has 2 aliphatic rings. The molecule has 1 amide bonds. The Morgan fingerprint density at radius 3 is 2.30 bits per heavy atom. The molecule has 1 aliphatic carbocycles. The fourth-order valence-corrected chi connectivity index (χ4v) is 4.56. The van der Waals surface area contributed by atoms with Crippen LogP contribution in [0.4, 0.5) is 0 Å². The predicted octanol–water partition coefficient (Wildman–Crippen LogP) is 3.72. The van der Waals surface area contributed by atoms with E-state index in [0.717, 1.165) is 11.1 Å². The molecule has 0 saturated carbocycles. The summed E-state index contributed by atoms with van der Waals surface area (Å²) in [7, 11) is 4.82. The summed E-state index contributed by atoms with van der Waals surface area (Å²) >= 11 is 0. The first-order valence-electron chi connectivity index (χ1n) is 9.96. The Bertz CT molecular complexity index is 1030. The van der Waals surface area contributed by atoms with E-state index >= 15 is 0 Å². The highest BCUT2D eigenvalue weighted by Crippen LogP contribution is 2.46. The quantitative estimate of drug-likeness (QED) is 0.818. The van der Waals surface area contributed by atoms with Crippen molar-refractivity contribution in [3.63, 3.8) is 0 Å². The van der Waals surface area contributed by atoms with E-state index in [4.69, 9.17) is 14.2 Å². The van der Waals surface area contributed by atoms with E-state index < -0.39 is 0 Å². The van der Waals surface area contributed by atoms with Gasteiger partial charge in [-0.25, -0.2) is 0 Å². The van der Waals surface area contributed by atoms with Crippen LogP contribution in [-0.4, -0.2) is 33.0 Å². The monoisotopic (exact) mass is 407 g/mol. The van der Waals surface area contributed by atoms with E-state index in [1.54, 1.807) is 21.3 Å². The molecule has 156 valence electrons. The molecule has 2 aromatic rings. The predicted molar refractivity (Wildman–Crippen MR) is 112 cm³/mol. The number of benzene rings is 2. The minimum Gasteiger partial charge on any atom is -0.497 e. The van der Waals surface area contributed by atoms with Gasteiger partial charge >= 0.3 is 0 Å². The van der Waals surface area contributed by atoms with E-state index in [0.29, 0.717) is 41.4 Å². The van der Waals surface area contributed by atoms with Gasteiger partial charge in [0, 0.05) is 47.1 Å². The van der Waals surface area contributed by atoms with E-state index in [9.17, 15) is 9.59 Å². The molecule has 1 aliphatic heterocycles. The van der Waals surface area contributed by atoms with Crippen molar-refractivity contribution in [3.8, 4) is 17.2 Å². The summed E-state index contributed by atoms with van der Waals surface area (Å²) in [5, 5.41) is 2.96. The van der Waals surface area contributed by atoms with Crippen LogP contribution in [0.15, 0.2) is 53.7 Å². The van der Waals surface area contributed by atoms with Gasteiger partial charge in [-0.2, -0.15) is 0 Å². The smallest absolute Gasteiger partial charge is 0.225 e. The van der Waals surface area contributed by atoms with Gasteiger partial charge < -0.3 is 19.5 Å². The van der Waals surface area contributed by atoms with Crippen molar-refractivity contribution in [1.29, 1.82) is 0 Å². The standard InChI is InChI=1S/C24H25NO5/c1-28-15-8-9-22(30-3)17(12-15)14-10-19-24(20(26)11-14)18(13-23(27)25-19)16-6-4-5-7-21(16)29-2/h4-9,12,14,18H,10-11,13H2,1-3H3,(H,25,27). The molecule has 0 aromatic heterocycles. The van der Waals surface area contributed by atoms with Gasteiger partial charge in [0.2, 0.25) is 5.91 Å². The van der Waals surface area contributed by atoms with Gasteiger partial charge in [-0.05, 0) is 30.7 Å². The Morgan fingerprint density at radius 1 is 0.833 bits per heavy atom. The number of carbonyl (C=O) groups is 2. The van der Waals surface area contributed by atoms with E-state index in [-0.39, 0.29) is 29.9 Å². The minimum atomic E-state index is -0.300. The number of Topliss-reactive ketones (excluding diaryl/α,β-unsaturated/α-hetero) is 1. The molecule has 6 nitrogen and oxygen atoms in total. The summed E-state index contributed by atoms with van der Waals surface area (Å²) in [4.78, 5) is 25.9. The zero-order chi connectivity index (χ0) is 21.3. The zero-order valence-electron chi connectivity index (χ0n) is 17.4. The third-order valence-electron chi connectivity index (χ3n) is 5.93. The first kappa shape index (κ1) is 20.0. The number of amides is 1. The molecule has 1 heterocycles. The highest BCUT2D eigenvalue weighted by molar-refractivity contribution is 6.02. The van der Waals surface area contributed by atoms with Crippen molar-refractivity contribution in [1.82, 2.24) is 5.32 Å². The minimum absolute atomic E-state index is 0.0435. The van der Waals surface area contributed by atoms with Crippen molar-refractivity contribution in [3.05, 3.63) is 64.9 Å². The van der Waals surface area contributed by atoms with Crippen molar-refractivity contribution < 1.29 is 23.8 Å². The third kappa shape index (κ3) is 3.54. The fraction of sp³-hybridized carbons (Fsp3) is 0.333. The molecule has 0 fully saturated rings. The summed E-state index contributed by atoms with van der Waals surface area (Å²) < 4.78 is 16.4. The molecule has 30 heavy (non-hydrogen) atoms. The van der Waals surface area contributed by atoms with Crippen LogP contribution in [0.1, 0.15) is 42.2 Å². The van der Waals surface area contributed by atoms with Crippen LogP contribution < -0.4 is 19.5 Å². The van der Waals surface area contributed by atoms with Crippen LogP contribution in [-0.2, 0) is 9.59 Å². The zero-order valence-corrected chi connectivity index (χ0v) is 17.4. The van der Waals surface area contributed by atoms with Gasteiger partial charge in [0.1, 0.15) is 17.2 Å². The lowest BCUT2D eigenvalue weighted by molar-refractivity contribution is -0.122. The highest BCUT2D eigenvalue weighted by Gasteiger charge is 2.39. The topological polar surface area (TPSA) is 73.9 Å². The Morgan fingerprint density at radius 2 is 1.57 bits per heavy atom. The Kier molecular flexibility index (Phi) is 5.48. The van der Waals surface area contributed by atoms with Crippen molar-refractivity contribution in [2.45, 2.75) is 31.1 Å². The average Bonchev–Trinajstić information content (AvgIpc) is 2.77. The van der Waals surface area contributed by atoms with Crippen molar-refractivity contribution >= 4 is 11.7 Å². The van der Waals surface area contributed by atoms with E-state index in [2.05, 4.69) is 5.32 Å². The number of hydrogen-bond acceptors (Lipinski definition) is 5. The number of ether oxygens (including phenoxy) is 3. The number of rotatable bonds is 5. The SMILES string of the molecule is COc1ccc(OC)c(C2CC(=O)C3=C(C2)NC(=O)CC3c2ccccc2OC)c1. The maximum absolute atomic E-state index is 13.3. The Hall–Kier alpha value is -3.28. The molecule has 1 N–H and O–H groups in total. The molecule has 4 rings (SSSR count). The second-order valence-corrected chi connectivity index (χ2v) is 7.58. The molecule has 0 radical (unpaired) electrons. The molecule has 6 heteroatoms. The molecule has 0 saturated heterocycles. The number of hydrogen-bond donors (Lipinski definition) is 1. The van der Waals surface area contributed by atoms with Gasteiger partial charge in [0.15, 0.2) is 5.78 Å². The number of ketones is 1. The first-order chi connectivity index (χ1) is 14.5. The summed E-state index contributed by atoms with van der Waals surface area (Å²) in [6, 6.07) is 13.2. The van der Waals surface area contributed by atoms with E-state index in [1.165, 1.54) is 0 Å². The molecule has 0 spiro atoms. The number of para-hydroxylation sites is 1. The molecule has 0 bridgehead atoms. The lowest BCUT2D eigenvalue weighted by Gasteiger charge is -2.35. The summed E-state index contributed by atoms with van der Waals surface area (Å²) in [6.45, 7) is 0. The van der Waals surface area contributed by atoms with Crippen molar-refractivity contribution in [2.75, 3.05) is 21.3 Å². The third-order valence-corrected chi connectivity index (χ3v) is 5.93. The van der Waals surface area contributed by atoms with Gasteiger partial charge in [0.05, 0.1) is 21.3 Å². The molecular weight excluding hydrogens is 382 g/mol. The normalized spacial score (nSPS) is 21.0. The first-order valence-corrected chi connectivity index (χ1v) is 9.96. The fourth-order valence-electron chi connectivity index (χ4n) is 4.56. The number of allylic oxidation sites excluding steroid dienone is 2. The van der Waals surface area contributed by atoms with Gasteiger partial charge in [-0.15, -0.1) is 0 Å². The van der Waals surface area contributed by atoms with Crippen LogP contribution in [0.2, 0.25) is 0 Å². The Balaban J connectivity index is 1.75. The van der Waals surface area contributed by atoms with Crippen molar-refractivity contribution in [2.24, 2.45) is 0 Å². The summed E-state index contributed by atoms with van der Waals surface area (Å²) in [6.07, 6.45) is 1.14. The molecular formula is C24H25NO5. The lowest BCUT2D eigenvalue weighted by Crippen LogP contribution is -2.38. The van der Waals surface area contributed by atoms with E-state index in [1.807, 2.05) is 42.5 Å². The van der Waals surface area contributed by atoms with Gasteiger partial charge in [-0.1, -0.05) is 18.2 Å². The second-order valence-electron chi connectivity index (χ2n) is 7.58. The summed E-state index contributed by atoms with van der Waals surface area (Å²) in [5.41, 5.74) is 3.17. The van der Waals surface area contributed by atoms with Crippen LogP contribution in [0.5, 0.6) is 17.2 Å². The van der Waals surface area contributed by atoms with Gasteiger partial charge in [0.25, 0.3) is 0 Å². The van der Waals surface area contributed by atoms with Crippen LogP contribution in [0, 0.1) is 0 Å². The summed E-state index contributed by atoms with van der Waals surface area (Å²) in [5.74, 6) is 1.66. The molecule has 2 aromatic carbocycles. The maximum atomic E-state index is 13.3. The number of carbonyl (C=O) groups excluding carboxylic acids is 2.